The van der Waals surface area contributed by atoms with Gasteiger partial charge in [0, 0.05) is 7.05 Å². The van der Waals surface area contributed by atoms with Crippen LogP contribution in [0.25, 0.3) is 0 Å². The van der Waals surface area contributed by atoms with Gasteiger partial charge in [0.15, 0.2) is 0 Å². The van der Waals surface area contributed by atoms with E-state index >= 15 is 0 Å². The molecule has 1 saturated carbocycles. The lowest BCUT2D eigenvalue weighted by atomic mass is 9.71. The van der Waals surface area contributed by atoms with Gasteiger partial charge in [-0.2, -0.15) is 15.0 Å². The molecule has 2 atom stereocenters. The van der Waals surface area contributed by atoms with E-state index in [1.807, 2.05) is 0 Å². The Morgan fingerprint density at radius 1 is 1.26 bits per heavy atom. The van der Waals surface area contributed by atoms with Crippen molar-refractivity contribution in [3.05, 3.63) is 5.28 Å². The standard InChI is InChI=1S/C13H21ClN4O/c1-8-5-9(7-13(2,3)6-8)19-12-17-10(14)16-11(15-4)18-12/h8-9H,5-7H2,1-4H3,(H,15,16,17,18). The normalized spacial score (nSPS) is 25.9. The fourth-order valence-corrected chi connectivity index (χ4v) is 3.15. The van der Waals surface area contributed by atoms with Crippen LogP contribution in [0.4, 0.5) is 5.95 Å². The Hall–Kier alpha value is -1.10. The Kier molecular flexibility index (Phi) is 4.13. The highest BCUT2D eigenvalue weighted by Gasteiger charge is 2.33. The van der Waals surface area contributed by atoms with Crippen molar-refractivity contribution >= 4 is 17.5 Å². The van der Waals surface area contributed by atoms with Gasteiger partial charge >= 0.3 is 6.01 Å². The monoisotopic (exact) mass is 284 g/mol. The van der Waals surface area contributed by atoms with Crippen molar-refractivity contribution in [1.29, 1.82) is 0 Å². The van der Waals surface area contributed by atoms with Crippen LogP contribution >= 0.6 is 11.6 Å². The fourth-order valence-electron chi connectivity index (χ4n) is 2.99. The first-order valence-corrected chi connectivity index (χ1v) is 7.02. The molecule has 5 nitrogen and oxygen atoms in total. The van der Waals surface area contributed by atoms with Crippen molar-refractivity contribution in [2.75, 3.05) is 12.4 Å². The molecule has 1 N–H and O–H groups in total. The van der Waals surface area contributed by atoms with Crippen LogP contribution in [0, 0.1) is 11.3 Å². The van der Waals surface area contributed by atoms with Gasteiger partial charge in [-0.3, -0.25) is 0 Å². The quantitative estimate of drug-likeness (QED) is 0.924. The Morgan fingerprint density at radius 3 is 2.63 bits per heavy atom. The van der Waals surface area contributed by atoms with Gasteiger partial charge in [-0.25, -0.2) is 0 Å². The summed E-state index contributed by atoms with van der Waals surface area (Å²) in [6.45, 7) is 6.81. The third-order valence-corrected chi connectivity index (χ3v) is 3.60. The number of aromatic nitrogens is 3. The van der Waals surface area contributed by atoms with Gasteiger partial charge in [0.2, 0.25) is 11.2 Å². The first-order valence-electron chi connectivity index (χ1n) is 6.64. The van der Waals surface area contributed by atoms with Crippen LogP contribution in [0.15, 0.2) is 0 Å². The molecule has 1 aromatic rings. The second-order valence-corrected chi connectivity index (χ2v) is 6.45. The molecule has 6 heteroatoms. The highest BCUT2D eigenvalue weighted by atomic mass is 35.5. The van der Waals surface area contributed by atoms with Crippen molar-refractivity contribution in [2.45, 2.75) is 46.1 Å². The number of nitrogens with one attached hydrogen (secondary N) is 1. The van der Waals surface area contributed by atoms with E-state index in [0.29, 0.717) is 23.3 Å². The van der Waals surface area contributed by atoms with Crippen LogP contribution in [0.2, 0.25) is 5.28 Å². The summed E-state index contributed by atoms with van der Waals surface area (Å²) in [6, 6.07) is 0.305. The average molecular weight is 285 g/mol. The third-order valence-electron chi connectivity index (χ3n) is 3.43. The summed E-state index contributed by atoms with van der Waals surface area (Å²) in [6.07, 6.45) is 3.41. The minimum absolute atomic E-state index is 0.141. The third kappa shape index (κ3) is 3.93. The molecule has 0 bridgehead atoms. The lowest BCUT2D eigenvalue weighted by Crippen LogP contribution is -2.34. The minimum Gasteiger partial charge on any atom is -0.460 e. The molecule has 0 saturated heterocycles. The summed E-state index contributed by atoms with van der Waals surface area (Å²) >= 11 is 5.85. The Labute approximate surface area is 119 Å². The average Bonchev–Trinajstić information content (AvgIpc) is 2.24. The number of nitrogens with zero attached hydrogens (tertiary/aromatic N) is 3. The van der Waals surface area contributed by atoms with Crippen molar-refractivity contribution in [1.82, 2.24) is 15.0 Å². The molecular formula is C13H21ClN4O. The summed E-state index contributed by atoms with van der Waals surface area (Å²) in [4.78, 5) is 12.1. The molecule has 1 aliphatic carbocycles. The van der Waals surface area contributed by atoms with E-state index in [2.05, 4.69) is 41.0 Å². The highest BCUT2D eigenvalue weighted by Crippen LogP contribution is 2.39. The zero-order valence-electron chi connectivity index (χ0n) is 11.9. The fraction of sp³-hybridized carbons (Fsp3) is 0.769. The van der Waals surface area contributed by atoms with Crippen LogP contribution in [0.3, 0.4) is 0 Å². The molecule has 2 rings (SSSR count). The van der Waals surface area contributed by atoms with Crippen LogP contribution in [0.5, 0.6) is 6.01 Å². The predicted molar refractivity (Wildman–Crippen MR) is 75.6 cm³/mol. The van der Waals surface area contributed by atoms with E-state index in [-0.39, 0.29) is 11.4 Å². The first-order chi connectivity index (χ1) is 8.88. The van der Waals surface area contributed by atoms with Gasteiger partial charge in [-0.05, 0) is 42.2 Å². The molecule has 1 heterocycles. The van der Waals surface area contributed by atoms with Crippen LogP contribution in [0.1, 0.15) is 40.0 Å². The largest absolute Gasteiger partial charge is 0.460 e. The molecule has 19 heavy (non-hydrogen) atoms. The molecular weight excluding hydrogens is 264 g/mol. The van der Waals surface area contributed by atoms with E-state index in [4.69, 9.17) is 16.3 Å². The second-order valence-electron chi connectivity index (χ2n) is 6.11. The molecule has 0 amide bonds. The van der Waals surface area contributed by atoms with Crippen LogP contribution in [-0.4, -0.2) is 28.1 Å². The van der Waals surface area contributed by atoms with E-state index < -0.39 is 0 Å². The molecule has 1 fully saturated rings. The molecule has 0 aromatic carbocycles. The summed E-state index contributed by atoms with van der Waals surface area (Å²) in [5.41, 5.74) is 0.297. The molecule has 1 aromatic heterocycles. The van der Waals surface area contributed by atoms with Gasteiger partial charge in [0.1, 0.15) is 6.10 Å². The van der Waals surface area contributed by atoms with Crippen LogP contribution < -0.4 is 10.1 Å². The van der Waals surface area contributed by atoms with Crippen LogP contribution in [-0.2, 0) is 0 Å². The predicted octanol–water partition coefficient (Wildman–Crippen LogP) is 3.16. The van der Waals surface area contributed by atoms with Gasteiger partial charge in [0.25, 0.3) is 0 Å². The molecule has 106 valence electrons. The summed E-state index contributed by atoms with van der Waals surface area (Å²) < 4.78 is 5.90. The smallest absolute Gasteiger partial charge is 0.322 e. The lowest BCUT2D eigenvalue weighted by Gasteiger charge is -2.38. The molecule has 0 radical (unpaired) electrons. The Balaban J connectivity index is 2.10. The van der Waals surface area contributed by atoms with Crippen molar-refractivity contribution < 1.29 is 4.74 Å². The lowest BCUT2D eigenvalue weighted by molar-refractivity contribution is 0.0499. The van der Waals surface area contributed by atoms with E-state index in [1.165, 1.54) is 6.42 Å². The number of halogens is 1. The molecule has 0 spiro atoms. The van der Waals surface area contributed by atoms with Gasteiger partial charge < -0.3 is 10.1 Å². The summed E-state index contributed by atoms with van der Waals surface area (Å²) in [7, 11) is 1.74. The van der Waals surface area contributed by atoms with Crippen molar-refractivity contribution in [3.8, 4) is 6.01 Å². The number of anilines is 1. The van der Waals surface area contributed by atoms with Crippen molar-refractivity contribution in [2.24, 2.45) is 11.3 Å². The Morgan fingerprint density at radius 2 is 2.00 bits per heavy atom. The van der Waals surface area contributed by atoms with E-state index in [0.717, 1.165) is 12.8 Å². The summed E-state index contributed by atoms with van der Waals surface area (Å²) in [5, 5.41) is 2.99. The second kappa shape index (κ2) is 5.49. The number of ether oxygens (including phenoxy) is 1. The van der Waals surface area contributed by atoms with Gasteiger partial charge in [0.05, 0.1) is 0 Å². The molecule has 0 aliphatic heterocycles. The van der Waals surface area contributed by atoms with E-state index in [1.54, 1.807) is 7.05 Å². The SMILES string of the molecule is CNc1nc(Cl)nc(OC2CC(C)CC(C)(C)C2)n1. The zero-order valence-corrected chi connectivity index (χ0v) is 12.7. The maximum atomic E-state index is 5.90. The number of hydrogen-bond donors (Lipinski definition) is 1. The van der Waals surface area contributed by atoms with Gasteiger partial charge in [-0.15, -0.1) is 0 Å². The number of rotatable bonds is 3. The highest BCUT2D eigenvalue weighted by molar-refractivity contribution is 6.28. The van der Waals surface area contributed by atoms with Gasteiger partial charge in [-0.1, -0.05) is 20.8 Å². The maximum Gasteiger partial charge on any atom is 0.322 e. The maximum absolute atomic E-state index is 5.90. The molecule has 1 aliphatic rings. The first kappa shape index (κ1) is 14.3. The Bertz CT molecular complexity index is 452. The molecule has 2 unspecified atom stereocenters. The topological polar surface area (TPSA) is 59.9 Å². The van der Waals surface area contributed by atoms with E-state index in [9.17, 15) is 0 Å². The zero-order chi connectivity index (χ0) is 14.0. The minimum atomic E-state index is 0.141. The number of hydrogen-bond acceptors (Lipinski definition) is 5. The van der Waals surface area contributed by atoms with Crippen molar-refractivity contribution in [3.63, 3.8) is 0 Å². The summed E-state index contributed by atoms with van der Waals surface area (Å²) in [5.74, 6) is 1.08.